The van der Waals surface area contributed by atoms with Gasteiger partial charge in [-0.3, -0.25) is 4.79 Å². The Morgan fingerprint density at radius 2 is 1.82 bits per heavy atom. The molecule has 0 saturated carbocycles. The van der Waals surface area contributed by atoms with Gasteiger partial charge in [0.2, 0.25) is 0 Å². The number of benzene rings is 2. The summed E-state index contributed by atoms with van der Waals surface area (Å²) in [5.41, 5.74) is 4.19. The molecule has 0 aliphatic rings. The summed E-state index contributed by atoms with van der Waals surface area (Å²) in [6.45, 7) is 2.86. The molecule has 0 radical (unpaired) electrons. The van der Waals surface area contributed by atoms with Gasteiger partial charge in [0.05, 0.1) is 23.3 Å². The summed E-state index contributed by atoms with van der Waals surface area (Å²) in [6, 6.07) is 15.8. The van der Waals surface area contributed by atoms with Gasteiger partial charge in [-0.1, -0.05) is 43.3 Å². The lowest BCUT2D eigenvalue weighted by atomic mass is 10.1. The van der Waals surface area contributed by atoms with Crippen LogP contribution in [0.1, 0.15) is 18.1 Å². The number of rotatable bonds is 7. The summed E-state index contributed by atoms with van der Waals surface area (Å²) in [7, 11) is 1.59. The minimum Gasteiger partial charge on any atom is -0.481 e. The van der Waals surface area contributed by atoms with Gasteiger partial charge in [-0.2, -0.15) is 0 Å². The van der Waals surface area contributed by atoms with E-state index in [1.54, 1.807) is 14.0 Å². The molecule has 1 unspecified atom stereocenters. The first-order valence-electron chi connectivity index (χ1n) is 9.13. The van der Waals surface area contributed by atoms with E-state index in [-0.39, 0.29) is 12.6 Å². The highest BCUT2D eigenvalue weighted by atomic mass is 16.4. The first kappa shape index (κ1) is 19.4. The van der Waals surface area contributed by atoms with Crippen LogP contribution in [0.4, 0.5) is 4.79 Å². The molecule has 7 heteroatoms. The number of imidazole rings is 1. The largest absolute Gasteiger partial charge is 0.481 e. The van der Waals surface area contributed by atoms with E-state index in [0.717, 1.165) is 28.7 Å². The maximum Gasteiger partial charge on any atom is 0.317 e. The minimum atomic E-state index is -0.916. The van der Waals surface area contributed by atoms with E-state index in [9.17, 15) is 9.59 Å². The maximum absolute atomic E-state index is 12.1. The van der Waals surface area contributed by atoms with Crippen LogP contribution in [-0.4, -0.2) is 45.2 Å². The van der Waals surface area contributed by atoms with Gasteiger partial charge in [0.15, 0.2) is 0 Å². The zero-order chi connectivity index (χ0) is 20.1. The summed E-state index contributed by atoms with van der Waals surface area (Å²) in [5, 5.41) is 11.7. The fourth-order valence-corrected chi connectivity index (χ4v) is 2.98. The number of para-hydroxylation sites is 2. The Hall–Kier alpha value is -3.35. The second-order valence-corrected chi connectivity index (χ2v) is 6.96. The third-order valence-electron chi connectivity index (χ3n) is 4.66. The summed E-state index contributed by atoms with van der Waals surface area (Å²) < 4.78 is 2.10. The third kappa shape index (κ3) is 4.68. The van der Waals surface area contributed by atoms with Crippen molar-refractivity contribution in [2.24, 2.45) is 5.92 Å². The smallest absolute Gasteiger partial charge is 0.317 e. The van der Waals surface area contributed by atoms with E-state index in [2.05, 4.69) is 14.9 Å². The molecule has 146 valence electrons. The lowest BCUT2D eigenvalue weighted by Gasteiger charge is -2.20. The van der Waals surface area contributed by atoms with Crippen molar-refractivity contribution in [3.05, 3.63) is 66.0 Å². The Morgan fingerprint density at radius 1 is 1.14 bits per heavy atom. The summed E-state index contributed by atoms with van der Waals surface area (Å²) in [5.74, 6) is -1.52. The molecule has 1 heterocycles. The van der Waals surface area contributed by atoms with Crippen LogP contribution in [0.25, 0.3) is 11.0 Å². The Morgan fingerprint density at radius 3 is 2.54 bits per heavy atom. The first-order valence-corrected chi connectivity index (χ1v) is 9.13. The fourth-order valence-electron chi connectivity index (χ4n) is 2.98. The van der Waals surface area contributed by atoms with Crippen molar-refractivity contribution in [3.8, 4) is 0 Å². The molecule has 28 heavy (non-hydrogen) atoms. The molecule has 0 saturated heterocycles. The van der Waals surface area contributed by atoms with Gasteiger partial charge >= 0.3 is 12.0 Å². The zero-order valence-corrected chi connectivity index (χ0v) is 16.0. The van der Waals surface area contributed by atoms with Crippen molar-refractivity contribution in [1.29, 1.82) is 0 Å². The van der Waals surface area contributed by atoms with Gasteiger partial charge in [-0.15, -0.1) is 0 Å². The number of carbonyl (C=O) groups is 2. The molecule has 2 N–H and O–H groups in total. The molecule has 2 amide bonds. The molecule has 2 aromatic carbocycles. The van der Waals surface area contributed by atoms with E-state index < -0.39 is 11.9 Å². The first-order chi connectivity index (χ1) is 13.4. The molecule has 1 aromatic heterocycles. The van der Waals surface area contributed by atoms with Crippen molar-refractivity contribution < 1.29 is 14.7 Å². The predicted octanol–water partition coefficient (Wildman–Crippen LogP) is 2.95. The van der Waals surface area contributed by atoms with E-state index >= 15 is 0 Å². The number of carbonyl (C=O) groups excluding carboxylic acids is 1. The zero-order valence-electron chi connectivity index (χ0n) is 16.0. The van der Waals surface area contributed by atoms with Crippen molar-refractivity contribution in [2.45, 2.75) is 20.0 Å². The minimum absolute atomic E-state index is 0.166. The second-order valence-electron chi connectivity index (χ2n) is 6.96. The molecule has 0 aliphatic carbocycles. The maximum atomic E-state index is 12.1. The van der Waals surface area contributed by atoms with Crippen molar-refractivity contribution in [3.63, 3.8) is 0 Å². The van der Waals surface area contributed by atoms with Crippen LogP contribution in [0, 0.1) is 5.92 Å². The van der Waals surface area contributed by atoms with E-state index in [1.165, 1.54) is 4.90 Å². The highest BCUT2D eigenvalue weighted by Crippen LogP contribution is 2.14. The molecule has 0 bridgehead atoms. The number of hydrogen-bond donors (Lipinski definition) is 2. The standard InChI is InChI=1S/C21H24N4O3/c1-15(20(26)27)12-24(2)21(28)22-11-16-7-9-17(10-8-16)13-25-14-23-18-5-3-4-6-19(18)25/h3-10,14-15H,11-13H2,1-2H3,(H,22,28)(H,26,27). The van der Waals surface area contributed by atoms with Crippen LogP contribution in [0.5, 0.6) is 0 Å². The summed E-state index contributed by atoms with van der Waals surface area (Å²) in [6.07, 6.45) is 1.84. The summed E-state index contributed by atoms with van der Waals surface area (Å²) >= 11 is 0. The number of carboxylic acids is 1. The van der Waals surface area contributed by atoms with Crippen LogP contribution in [0.2, 0.25) is 0 Å². The molecule has 1 atom stereocenters. The van der Waals surface area contributed by atoms with Crippen LogP contribution in [0.3, 0.4) is 0 Å². The average molecular weight is 380 g/mol. The van der Waals surface area contributed by atoms with Gasteiger partial charge in [-0.25, -0.2) is 9.78 Å². The number of carboxylic acid groups (broad SMARTS) is 1. The van der Waals surface area contributed by atoms with Gasteiger partial charge in [0, 0.05) is 26.7 Å². The number of nitrogens with one attached hydrogen (secondary N) is 1. The fraction of sp³-hybridized carbons (Fsp3) is 0.286. The predicted molar refractivity (Wildman–Crippen MR) is 107 cm³/mol. The topological polar surface area (TPSA) is 87.5 Å². The van der Waals surface area contributed by atoms with Crippen LogP contribution >= 0.6 is 0 Å². The Bertz CT molecular complexity index is 965. The van der Waals surface area contributed by atoms with Gasteiger partial charge in [0.25, 0.3) is 0 Å². The van der Waals surface area contributed by atoms with E-state index in [0.29, 0.717) is 6.54 Å². The third-order valence-corrected chi connectivity index (χ3v) is 4.66. The summed E-state index contributed by atoms with van der Waals surface area (Å²) in [4.78, 5) is 28.8. The van der Waals surface area contributed by atoms with Crippen molar-refractivity contribution in [1.82, 2.24) is 19.8 Å². The number of hydrogen-bond acceptors (Lipinski definition) is 3. The molecular weight excluding hydrogens is 356 g/mol. The molecule has 7 nitrogen and oxygen atoms in total. The number of fused-ring (bicyclic) bond motifs is 1. The SMILES string of the molecule is CC(CN(C)C(=O)NCc1ccc(Cn2cnc3ccccc32)cc1)C(=O)O. The van der Waals surface area contributed by atoms with Crippen LogP contribution < -0.4 is 5.32 Å². The quantitative estimate of drug-likeness (QED) is 0.660. The van der Waals surface area contributed by atoms with E-state index in [1.807, 2.05) is 54.9 Å². The number of urea groups is 1. The molecule has 3 rings (SSSR count). The number of amides is 2. The molecule has 3 aromatic rings. The monoisotopic (exact) mass is 380 g/mol. The van der Waals surface area contributed by atoms with E-state index in [4.69, 9.17) is 5.11 Å². The van der Waals surface area contributed by atoms with Gasteiger partial charge < -0.3 is 19.9 Å². The molecular formula is C21H24N4O3. The van der Waals surface area contributed by atoms with Gasteiger partial charge in [-0.05, 0) is 23.3 Å². The van der Waals surface area contributed by atoms with Crippen LogP contribution in [-0.2, 0) is 17.9 Å². The lowest BCUT2D eigenvalue weighted by molar-refractivity contribution is -0.141. The van der Waals surface area contributed by atoms with Crippen LogP contribution in [0.15, 0.2) is 54.9 Å². The Labute approximate surface area is 163 Å². The highest BCUT2D eigenvalue weighted by Gasteiger charge is 2.17. The molecule has 0 spiro atoms. The highest BCUT2D eigenvalue weighted by molar-refractivity contribution is 5.76. The number of aromatic nitrogens is 2. The number of aliphatic carboxylic acids is 1. The van der Waals surface area contributed by atoms with Crippen molar-refractivity contribution in [2.75, 3.05) is 13.6 Å². The Balaban J connectivity index is 1.54. The Kier molecular flexibility index (Phi) is 5.93. The van der Waals surface area contributed by atoms with Crippen molar-refractivity contribution >= 4 is 23.0 Å². The molecule has 0 fully saturated rings. The number of nitrogens with zero attached hydrogens (tertiary/aromatic N) is 3. The normalized spacial score (nSPS) is 11.9. The molecule has 0 aliphatic heterocycles. The average Bonchev–Trinajstić information content (AvgIpc) is 3.10. The second kappa shape index (κ2) is 8.56. The van der Waals surface area contributed by atoms with Gasteiger partial charge in [0.1, 0.15) is 0 Å². The lowest BCUT2D eigenvalue weighted by Crippen LogP contribution is -2.40.